The van der Waals surface area contributed by atoms with Gasteiger partial charge in [-0.2, -0.15) is 0 Å². The zero-order valence-corrected chi connectivity index (χ0v) is 38.6. The number of carbonyl (C=O) groups is 3. The van der Waals surface area contributed by atoms with Crippen molar-refractivity contribution in [1.29, 1.82) is 0 Å². The average Bonchev–Trinajstić information content (AvgIpc) is 3.22. The van der Waals surface area contributed by atoms with E-state index in [9.17, 15) is 19.5 Å². The summed E-state index contributed by atoms with van der Waals surface area (Å²) in [7, 11) is 0. The Morgan fingerprint density at radius 2 is 0.932 bits per heavy atom. The summed E-state index contributed by atoms with van der Waals surface area (Å²) in [6.07, 6.45) is 57.3. The Morgan fingerprint density at radius 1 is 0.508 bits per heavy atom. The minimum atomic E-state index is -1.00. The highest BCUT2D eigenvalue weighted by atomic mass is 16.5. The molecule has 0 aromatic heterocycles. The van der Waals surface area contributed by atoms with Gasteiger partial charge in [-0.1, -0.05) is 191 Å². The van der Waals surface area contributed by atoms with E-state index in [0.717, 1.165) is 96.3 Å². The summed E-state index contributed by atoms with van der Waals surface area (Å²) in [6.45, 7) is 4.85. The van der Waals surface area contributed by atoms with E-state index < -0.39 is 12.0 Å². The fourth-order valence-electron chi connectivity index (χ4n) is 7.44. The maximum Gasteiger partial charge on any atom is 0.326 e. The first-order valence-corrected chi connectivity index (χ1v) is 25.0. The van der Waals surface area contributed by atoms with Crippen LogP contribution < -0.4 is 11.1 Å². The van der Waals surface area contributed by atoms with Gasteiger partial charge in [0.15, 0.2) is 0 Å². The van der Waals surface area contributed by atoms with Crippen molar-refractivity contribution in [3.63, 3.8) is 0 Å². The van der Waals surface area contributed by atoms with E-state index in [-0.39, 0.29) is 18.0 Å². The molecule has 0 heterocycles. The Balaban J connectivity index is 4.32. The van der Waals surface area contributed by atoms with Gasteiger partial charge in [0.05, 0.1) is 0 Å². The number of unbranched alkanes of at least 4 members (excludes halogenated alkanes) is 23. The molecule has 342 valence electrons. The Hall–Kier alpha value is -2.67. The smallest absolute Gasteiger partial charge is 0.326 e. The lowest BCUT2D eigenvalue weighted by atomic mass is 10.0. The molecular weight excluding hydrogens is 733 g/mol. The molecule has 2 atom stereocenters. The molecule has 0 spiro atoms. The predicted molar refractivity (Wildman–Crippen MR) is 253 cm³/mol. The zero-order chi connectivity index (χ0) is 43.1. The largest absolute Gasteiger partial charge is 0.480 e. The average molecular weight is 827 g/mol. The van der Waals surface area contributed by atoms with Crippen molar-refractivity contribution in [2.75, 3.05) is 6.54 Å². The van der Waals surface area contributed by atoms with Gasteiger partial charge in [-0.05, 0) is 96.4 Å². The first-order chi connectivity index (χ1) is 28.9. The van der Waals surface area contributed by atoms with E-state index in [1.165, 1.54) is 109 Å². The second-order valence-electron chi connectivity index (χ2n) is 16.9. The first kappa shape index (κ1) is 56.3. The zero-order valence-electron chi connectivity index (χ0n) is 38.6. The normalized spacial score (nSPS) is 13.0. The van der Waals surface area contributed by atoms with Crippen molar-refractivity contribution in [2.24, 2.45) is 5.73 Å². The number of carboxylic acid groups (broad SMARTS) is 1. The summed E-state index contributed by atoms with van der Waals surface area (Å²) in [4.78, 5) is 36.5. The first-order valence-electron chi connectivity index (χ1n) is 25.0. The molecule has 0 fully saturated rings. The topological polar surface area (TPSA) is 119 Å². The third-order valence-corrected chi connectivity index (χ3v) is 11.2. The van der Waals surface area contributed by atoms with Crippen LogP contribution in [0.4, 0.5) is 0 Å². The summed E-state index contributed by atoms with van der Waals surface area (Å²) in [5.74, 6) is -1.24. The van der Waals surface area contributed by atoms with E-state index in [1.54, 1.807) is 0 Å². The van der Waals surface area contributed by atoms with Crippen molar-refractivity contribution in [3.05, 3.63) is 48.6 Å². The SMILES string of the molecule is CC/C=C\C/C=C\C/C=C\C/C=C\CCCCCCCCC(=O)OC(CCCCCCCCCCCCCCCC)CCCCCCCC(=O)NC(CCCN)C(=O)O. The lowest BCUT2D eigenvalue weighted by molar-refractivity contribution is -0.150. The summed E-state index contributed by atoms with van der Waals surface area (Å²) in [6, 6.07) is -0.858. The predicted octanol–water partition coefficient (Wildman–Crippen LogP) is 14.7. The van der Waals surface area contributed by atoms with Crippen LogP contribution in [0.25, 0.3) is 0 Å². The van der Waals surface area contributed by atoms with Crippen LogP contribution in [0.15, 0.2) is 48.6 Å². The standard InChI is InChI=1S/C52H94N2O5/c1-3-5-7-9-11-13-15-17-19-20-21-22-23-25-27-29-31-36-40-46-51(56)59-48(42-37-33-30-28-26-24-18-16-14-12-10-8-6-4-2)43-38-34-32-35-39-45-50(55)54-49(52(57)58)44-41-47-53/h5,7,11,13,17,19,21-22,48-49H,3-4,6,8-10,12,14-16,18,20,23-47,53H2,1-2H3,(H,54,55)(H,57,58)/b7-5-,13-11-,19-17-,22-21-. The minimum absolute atomic E-state index is 0.00504. The molecule has 0 rings (SSSR count). The van der Waals surface area contributed by atoms with Crippen LogP contribution in [0.2, 0.25) is 0 Å². The monoisotopic (exact) mass is 827 g/mol. The lowest BCUT2D eigenvalue weighted by Crippen LogP contribution is -2.40. The van der Waals surface area contributed by atoms with Crippen LogP contribution in [-0.2, 0) is 19.1 Å². The van der Waals surface area contributed by atoms with Gasteiger partial charge in [0.1, 0.15) is 12.1 Å². The maximum atomic E-state index is 12.9. The number of nitrogens with one attached hydrogen (secondary N) is 1. The van der Waals surface area contributed by atoms with Crippen LogP contribution in [0.3, 0.4) is 0 Å². The van der Waals surface area contributed by atoms with Gasteiger partial charge in [0, 0.05) is 12.8 Å². The molecule has 7 nitrogen and oxygen atoms in total. The third-order valence-electron chi connectivity index (χ3n) is 11.2. The number of carbonyl (C=O) groups excluding carboxylic acids is 2. The highest BCUT2D eigenvalue weighted by Gasteiger charge is 2.19. The molecular formula is C52H94N2O5. The number of nitrogens with two attached hydrogens (primary N) is 1. The number of rotatable bonds is 45. The van der Waals surface area contributed by atoms with Crippen LogP contribution in [0.1, 0.15) is 245 Å². The van der Waals surface area contributed by atoms with E-state index in [4.69, 9.17) is 10.5 Å². The van der Waals surface area contributed by atoms with Crippen molar-refractivity contribution >= 4 is 17.8 Å². The van der Waals surface area contributed by atoms with Gasteiger partial charge in [-0.25, -0.2) is 4.79 Å². The van der Waals surface area contributed by atoms with Crippen molar-refractivity contribution in [2.45, 2.75) is 257 Å². The van der Waals surface area contributed by atoms with Gasteiger partial charge in [0.25, 0.3) is 0 Å². The number of hydrogen-bond donors (Lipinski definition) is 3. The molecule has 7 heteroatoms. The highest BCUT2D eigenvalue weighted by Crippen LogP contribution is 2.19. The van der Waals surface area contributed by atoms with E-state index in [2.05, 4.69) is 67.8 Å². The molecule has 0 radical (unpaired) electrons. The van der Waals surface area contributed by atoms with Crippen LogP contribution in [-0.4, -0.2) is 41.6 Å². The van der Waals surface area contributed by atoms with E-state index >= 15 is 0 Å². The second-order valence-corrected chi connectivity index (χ2v) is 16.9. The van der Waals surface area contributed by atoms with Gasteiger partial charge in [-0.3, -0.25) is 9.59 Å². The quantitative estimate of drug-likeness (QED) is 0.0320. The lowest BCUT2D eigenvalue weighted by Gasteiger charge is -2.18. The molecule has 0 aromatic rings. The third kappa shape index (κ3) is 43.2. The summed E-state index contributed by atoms with van der Waals surface area (Å²) in [5.41, 5.74) is 5.50. The van der Waals surface area contributed by atoms with Gasteiger partial charge in [0.2, 0.25) is 5.91 Å². The minimum Gasteiger partial charge on any atom is -0.480 e. The number of allylic oxidation sites excluding steroid dienone is 8. The summed E-state index contributed by atoms with van der Waals surface area (Å²) >= 11 is 0. The number of carboxylic acids is 1. The summed E-state index contributed by atoms with van der Waals surface area (Å²) in [5, 5.41) is 12.0. The number of ether oxygens (including phenoxy) is 1. The number of esters is 1. The van der Waals surface area contributed by atoms with Crippen LogP contribution in [0.5, 0.6) is 0 Å². The van der Waals surface area contributed by atoms with Gasteiger partial charge >= 0.3 is 11.9 Å². The number of aliphatic carboxylic acids is 1. The number of hydrogen-bond acceptors (Lipinski definition) is 5. The van der Waals surface area contributed by atoms with Crippen LogP contribution >= 0.6 is 0 Å². The van der Waals surface area contributed by atoms with Gasteiger partial charge < -0.3 is 20.9 Å². The molecule has 1 amide bonds. The van der Waals surface area contributed by atoms with E-state index in [1.807, 2.05) is 0 Å². The Bertz CT molecular complexity index is 1070. The second kappa shape index (κ2) is 46.4. The molecule has 0 aromatic carbocycles. The molecule has 0 aliphatic rings. The van der Waals surface area contributed by atoms with Crippen molar-refractivity contribution < 1.29 is 24.2 Å². The van der Waals surface area contributed by atoms with Gasteiger partial charge in [-0.15, -0.1) is 0 Å². The molecule has 0 aliphatic carbocycles. The van der Waals surface area contributed by atoms with Crippen LogP contribution in [0, 0.1) is 0 Å². The Morgan fingerprint density at radius 3 is 1.41 bits per heavy atom. The number of amides is 1. The molecule has 59 heavy (non-hydrogen) atoms. The van der Waals surface area contributed by atoms with Crippen molar-refractivity contribution in [3.8, 4) is 0 Å². The molecule has 0 saturated carbocycles. The Labute approximate surface area is 364 Å². The molecule has 0 saturated heterocycles. The Kier molecular flexibility index (Phi) is 44.3. The fraction of sp³-hybridized carbons (Fsp3) is 0.788. The molecule has 0 bridgehead atoms. The molecule has 4 N–H and O–H groups in total. The fourth-order valence-corrected chi connectivity index (χ4v) is 7.44. The maximum absolute atomic E-state index is 12.9. The summed E-state index contributed by atoms with van der Waals surface area (Å²) < 4.78 is 6.08. The van der Waals surface area contributed by atoms with Crippen molar-refractivity contribution in [1.82, 2.24) is 5.32 Å². The van der Waals surface area contributed by atoms with E-state index in [0.29, 0.717) is 32.2 Å². The molecule has 2 unspecified atom stereocenters. The molecule has 0 aliphatic heterocycles. The highest BCUT2D eigenvalue weighted by molar-refractivity contribution is 5.83.